The van der Waals surface area contributed by atoms with E-state index in [4.69, 9.17) is 18.9 Å². The standard InChI is InChI=1S/C15H30O5/c1-4-17-10-11-19-13-12-18-8-5-6-15(16)20-9-7-14(2)3/h14H,4-13H2,1-3H3. The summed E-state index contributed by atoms with van der Waals surface area (Å²) in [6, 6.07) is 0. The molecule has 0 spiro atoms. The first-order valence-corrected chi connectivity index (χ1v) is 7.55. The van der Waals surface area contributed by atoms with E-state index in [0.717, 1.165) is 6.42 Å². The van der Waals surface area contributed by atoms with Crippen LogP contribution >= 0.6 is 0 Å². The van der Waals surface area contributed by atoms with E-state index in [1.165, 1.54) is 0 Å². The number of hydrogen-bond acceptors (Lipinski definition) is 5. The number of rotatable bonds is 14. The molecule has 0 fully saturated rings. The number of carbonyl (C=O) groups excluding carboxylic acids is 1. The van der Waals surface area contributed by atoms with E-state index in [1.54, 1.807) is 0 Å². The molecule has 0 atom stereocenters. The maximum atomic E-state index is 11.3. The number of ether oxygens (including phenoxy) is 4. The minimum absolute atomic E-state index is 0.137. The van der Waals surface area contributed by atoms with Gasteiger partial charge in [-0.25, -0.2) is 0 Å². The lowest BCUT2D eigenvalue weighted by Crippen LogP contribution is -2.11. The molecule has 0 N–H and O–H groups in total. The van der Waals surface area contributed by atoms with Crippen LogP contribution in [0.1, 0.15) is 40.0 Å². The Morgan fingerprint density at radius 1 is 0.900 bits per heavy atom. The summed E-state index contributed by atoms with van der Waals surface area (Å²) in [5, 5.41) is 0. The second-order valence-corrected chi connectivity index (χ2v) is 4.93. The molecule has 0 radical (unpaired) electrons. The van der Waals surface area contributed by atoms with Crippen LogP contribution in [0.25, 0.3) is 0 Å². The topological polar surface area (TPSA) is 54.0 Å². The zero-order valence-corrected chi connectivity index (χ0v) is 13.2. The highest BCUT2D eigenvalue weighted by atomic mass is 16.5. The molecule has 0 unspecified atom stereocenters. The third-order valence-electron chi connectivity index (χ3n) is 2.58. The second kappa shape index (κ2) is 14.8. The summed E-state index contributed by atoms with van der Waals surface area (Å²) in [5.74, 6) is 0.427. The van der Waals surface area contributed by atoms with Crippen LogP contribution in [0.5, 0.6) is 0 Å². The molecule has 120 valence electrons. The quantitative estimate of drug-likeness (QED) is 0.363. The molecule has 5 heteroatoms. The first-order chi connectivity index (χ1) is 9.66. The molecule has 5 nitrogen and oxygen atoms in total. The van der Waals surface area contributed by atoms with E-state index in [9.17, 15) is 4.79 Å². The van der Waals surface area contributed by atoms with Gasteiger partial charge < -0.3 is 18.9 Å². The Morgan fingerprint density at radius 2 is 1.50 bits per heavy atom. The van der Waals surface area contributed by atoms with Crippen LogP contribution < -0.4 is 0 Å². The molecule has 0 heterocycles. The van der Waals surface area contributed by atoms with Crippen molar-refractivity contribution >= 4 is 5.97 Å². The van der Waals surface area contributed by atoms with Crippen molar-refractivity contribution < 1.29 is 23.7 Å². The van der Waals surface area contributed by atoms with Gasteiger partial charge in [-0.3, -0.25) is 4.79 Å². The van der Waals surface area contributed by atoms with Gasteiger partial charge in [-0.15, -0.1) is 0 Å². The molecule has 0 aliphatic heterocycles. The summed E-state index contributed by atoms with van der Waals surface area (Å²) in [4.78, 5) is 11.3. The van der Waals surface area contributed by atoms with Crippen LogP contribution in [-0.2, 0) is 23.7 Å². The van der Waals surface area contributed by atoms with Crippen LogP contribution in [0, 0.1) is 5.92 Å². The van der Waals surface area contributed by atoms with Crippen molar-refractivity contribution in [2.45, 2.75) is 40.0 Å². The average Bonchev–Trinajstić information content (AvgIpc) is 2.40. The van der Waals surface area contributed by atoms with Crippen molar-refractivity contribution in [2.24, 2.45) is 5.92 Å². The lowest BCUT2D eigenvalue weighted by Gasteiger charge is -2.07. The van der Waals surface area contributed by atoms with Gasteiger partial charge in [0.15, 0.2) is 0 Å². The van der Waals surface area contributed by atoms with Crippen molar-refractivity contribution in [1.82, 2.24) is 0 Å². The fourth-order valence-electron chi connectivity index (χ4n) is 1.38. The van der Waals surface area contributed by atoms with Crippen molar-refractivity contribution in [3.05, 3.63) is 0 Å². The summed E-state index contributed by atoms with van der Waals surface area (Å²) in [6.45, 7) is 10.3. The first-order valence-electron chi connectivity index (χ1n) is 7.55. The highest BCUT2D eigenvalue weighted by molar-refractivity contribution is 5.69. The Hall–Kier alpha value is -0.650. The maximum absolute atomic E-state index is 11.3. The minimum Gasteiger partial charge on any atom is -0.466 e. The Bertz CT molecular complexity index is 218. The Labute approximate surface area is 122 Å². The van der Waals surface area contributed by atoms with Crippen molar-refractivity contribution in [3.63, 3.8) is 0 Å². The summed E-state index contributed by atoms with van der Waals surface area (Å²) >= 11 is 0. The summed E-state index contributed by atoms with van der Waals surface area (Å²) in [6.07, 6.45) is 2.03. The molecule has 0 aromatic rings. The first kappa shape index (κ1) is 19.4. The third kappa shape index (κ3) is 15.4. The predicted octanol–water partition coefficient (Wildman–Crippen LogP) is 2.43. The molecule has 0 rings (SSSR count). The van der Waals surface area contributed by atoms with Gasteiger partial charge in [0.25, 0.3) is 0 Å². The normalized spacial score (nSPS) is 11.0. The largest absolute Gasteiger partial charge is 0.466 e. The Morgan fingerprint density at radius 3 is 2.10 bits per heavy atom. The highest BCUT2D eigenvalue weighted by Gasteiger charge is 2.03. The lowest BCUT2D eigenvalue weighted by molar-refractivity contribution is -0.144. The summed E-state index contributed by atoms with van der Waals surface area (Å²) < 4.78 is 20.9. The van der Waals surface area contributed by atoms with E-state index in [-0.39, 0.29) is 5.97 Å². The van der Waals surface area contributed by atoms with Crippen LogP contribution in [0.4, 0.5) is 0 Å². The molecule has 0 amide bonds. The molecule has 20 heavy (non-hydrogen) atoms. The van der Waals surface area contributed by atoms with Gasteiger partial charge in [0, 0.05) is 19.6 Å². The van der Waals surface area contributed by atoms with Crippen LogP contribution in [-0.4, -0.2) is 52.2 Å². The smallest absolute Gasteiger partial charge is 0.305 e. The third-order valence-corrected chi connectivity index (χ3v) is 2.58. The molecular weight excluding hydrogens is 260 g/mol. The maximum Gasteiger partial charge on any atom is 0.305 e. The van der Waals surface area contributed by atoms with E-state index in [1.807, 2.05) is 6.92 Å². The van der Waals surface area contributed by atoms with Crippen LogP contribution in [0.15, 0.2) is 0 Å². The van der Waals surface area contributed by atoms with Gasteiger partial charge in [-0.2, -0.15) is 0 Å². The number of hydrogen-bond donors (Lipinski definition) is 0. The predicted molar refractivity (Wildman–Crippen MR) is 77.8 cm³/mol. The minimum atomic E-state index is -0.137. The molecule has 0 saturated heterocycles. The fraction of sp³-hybridized carbons (Fsp3) is 0.933. The molecule has 0 saturated carbocycles. The molecule has 0 aliphatic carbocycles. The van der Waals surface area contributed by atoms with Gasteiger partial charge >= 0.3 is 5.97 Å². The summed E-state index contributed by atoms with van der Waals surface area (Å²) in [7, 11) is 0. The Kier molecular flexibility index (Phi) is 14.3. The summed E-state index contributed by atoms with van der Waals surface area (Å²) in [5.41, 5.74) is 0. The monoisotopic (exact) mass is 290 g/mol. The van der Waals surface area contributed by atoms with Crippen molar-refractivity contribution in [2.75, 3.05) is 46.2 Å². The van der Waals surface area contributed by atoms with Crippen LogP contribution in [0.3, 0.4) is 0 Å². The molecule has 0 aliphatic rings. The zero-order valence-electron chi connectivity index (χ0n) is 13.2. The zero-order chi connectivity index (χ0) is 15.1. The number of carbonyl (C=O) groups is 1. The van der Waals surface area contributed by atoms with Gasteiger partial charge in [0.1, 0.15) is 0 Å². The lowest BCUT2D eigenvalue weighted by atomic mass is 10.1. The van der Waals surface area contributed by atoms with E-state index < -0.39 is 0 Å². The van der Waals surface area contributed by atoms with Gasteiger partial charge in [-0.05, 0) is 25.7 Å². The van der Waals surface area contributed by atoms with Crippen molar-refractivity contribution in [1.29, 1.82) is 0 Å². The van der Waals surface area contributed by atoms with E-state index in [2.05, 4.69) is 13.8 Å². The fourth-order valence-corrected chi connectivity index (χ4v) is 1.38. The Balaban J connectivity index is 3.13. The van der Waals surface area contributed by atoms with Gasteiger partial charge in [0.2, 0.25) is 0 Å². The molecule has 0 bridgehead atoms. The average molecular weight is 290 g/mol. The van der Waals surface area contributed by atoms with Gasteiger partial charge in [-0.1, -0.05) is 13.8 Å². The number of esters is 1. The van der Waals surface area contributed by atoms with Crippen LogP contribution in [0.2, 0.25) is 0 Å². The second-order valence-electron chi connectivity index (χ2n) is 4.93. The molecular formula is C15H30O5. The van der Waals surface area contributed by atoms with Gasteiger partial charge in [0.05, 0.1) is 33.0 Å². The van der Waals surface area contributed by atoms with E-state index >= 15 is 0 Å². The molecule has 0 aromatic heterocycles. The van der Waals surface area contributed by atoms with E-state index in [0.29, 0.717) is 65.0 Å². The SMILES string of the molecule is CCOCCOCCOCCCC(=O)OCCC(C)C. The molecule has 0 aromatic carbocycles. The highest BCUT2D eigenvalue weighted by Crippen LogP contribution is 2.01. The van der Waals surface area contributed by atoms with Crippen molar-refractivity contribution in [3.8, 4) is 0 Å².